The van der Waals surface area contributed by atoms with Gasteiger partial charge in [0.15, 0.2) is 0 Å². The molecule has 3 N–H and O–H groups in total. The van der Waals surface area contributed by atoms with Crippen LogP contribution in [0.3, 0.4) is 0 Å². The molecule has 1 unspecified atom stereocenters. The Hall–Kier alpha value is -1.13. The van der Waals surface area contributed by atoms with Gasteiger partial charge in [-0.3, -0.25) is 4.79 Å². The van der Waals surface area contributed by atoms with Gasteiger partial charge in [-0.25, -0.2) is 4.39 Å². The molecule has 0 radical (unpaired) electrons. The summed E-state index contributed by atoms with van der Waals surface area (Å²) in [5.41, 5.74) is 6.54. The van der Waals surface area contributed by atoms with Crippen molar-refractivity contribution in [1.82, 2.24) is 5.32 Å². The van der Waals surface area contributed by atoms with Crippen LogP contribution in [0.4, 0.5) is 4.39 Å². The summed E-state index contributed by atoms with van der Waals surface area (Å²) in [4.78, 5) is 11.4. The number of nitrogens with two attached hydrogens (primary N) is 1. The van der Waals surface area contributed by atoms with Gasteiger partial charge in [0, 0.05) is 19.0 Å². The Labute approximate surface area is 113 Å². The quantitative estimate of drug-likeness (QED) is 0.834. The minimum atomic E-state index is -0.255. The first kappa shape index (κ1) is 16.9. The molecule has 1 rings (SSSR count). The first-order chi connectivity index (χ1) is 8.08. The first-order valence-electron chi connectivity index (χ1n) is 5.84. The van der Waals surface area contributed by atoms with Crippen molar-refractivity contribution in [3.63, 3.8) is 0 Å². The fraction of sp³-hybridized carbons (Fsp3) is 0.462. The number of rotatable bonds is 6. The molecule has 0 heterocycles. The fourth-order valence-corrected chi connectivity index (χ4v) is 1.44. The maximum Gasteiger partial charge on any atom is 0.220 e. The number of aryl methyl sites for hydroxylation is 1. The van der Waals surface area contributed by atoms with Crippen LogP contribution < -0.4 is 11.1 Å². The standard InChI is InChI=1S/C13H19FN2O.ClH/c1-10(15)8-9-16-13(17)7-4-11-2-5-12(14)6-3-11;/h2-3,5-6,10H,4,7-9,15H2,1H3,(H,16,17);1H. The number of hydrogen-bond acceptors (Lipinski definition) is 2. The zero-order valence-electron chi connectivity index (χ0n) is 10.5. The third-order valence-electron chi connectivity index (χ3n) is 2.48. The van der Waals surface area contributed by atoms with Gasteiger partial charge in [-0.2, -0.15) is 0 Å². The molecule has 5 heteroatoms. The summed E-state index contributed by atoms with van der Waals surface area (Å²) < 4.78 is 12.6. The van der Waals surface area contributed by atoms with Gasteiger partial charge in [0.25, 0.3) is 0 Å². The van der Waals surface area contributed by atoms with Crippen molar-refractivity contribution < 1.29 is 9.18 Å². The second-order valence-electron chi connectivity index (χ2n) is 4.24. The van der Waals surface area contributed by atoms with E-state index in [9.17, 15) is 9.18 Å². The van der Waals surface area contributed by atoms with E-state index >= 15 is 0 Å². The lowest BCUT2D eigenvalue weighted by atomic mass is 10.1. The van der Waals surface area contributed by atoms with Crippen molar-refractivity contribution in [1.29, 1.82) is 0 Å². The van der Waals surface area contributed by atoms with E-state index in [-0.39, 0.29) is 30.2 Å². The van der Waals surface area contributed by atoms with Gasteiger partial charge in [-0.1, -0.05) is 12.1 Å². The molecule has 0 aliphatic carbocycles. The number of nitrogens with one attached hydrogen (secondary N) is 1. The minimum absolute atomic E-state index is 0. The highest BCUT2D eigenvalue weighted by Gasteiger charge is 2.02. The van der Waals surface area contributed by atoms with E-state index in [0.717, 1.165) is 12.0 Å². The van der Waals surface area contributed by atoms with Gasteiger partial charge >= 0.3 is 0 Å². The van der Waals surface area contributed by atoms with Crippen LogP contribution in [0, 0.1) is 5.82 Å². The van der Waals surface area contributed by atoms with Crippen molar-refractivity contribution >= 4 is 18.3 Å². The summed E-state index contributed by atoms with van der Waals surface area (Å²) >= 11 is 0. The Kier molecular flexibility index (Phi) is 8.33. The van der Waals surface area contributed by atoms with Crippen LogP contribution in [0.25, 0.3) is 0 Å². The normalized spacial score (nSPS) is 11.5. The number of hydrogen-bond donors (Lipinski definition) is 2. The molecule has 0 aliphatic rings. The Morgan fingerprint density at radius 1 is 1.39 bits per heavy atom. The lowest BCUT2D eigenvalue weighted by molar-refractivity contribution is -0.121. The molecule has 1 atom stereocenters. The Bertz CT molecular complexity index is 355. The molecule has 0 saturated carbocycles. The van der Waals surface area contributed by atoms with Crippen molar-refractivity contribution in [2.24, 2.45) is 5.73 Å². The predicted molar refractivity (Wildman–Crippen MR) is 73.2 cm³/mol. The zero-order valence-corrected chi connectivity index (χ0v) is 11.3. The SMILES string of the molecule is CC(N)CCNC(=O)CCc1ccc(F)cc1.Cl. The Balaban J connectivity index is 0.00000289. The lowest BCUT2D eigenvalue weighted by Gasteiger charge is -2.07. The summed E-state index contributed by atoms with van der Waals surface area (Å²) in [5, 5.41) is 2.80. The molecule has 3 nitrogen and oxygen atoms in total. The molecule has 102 valence electrons. The highest BCUT2D eigenvalue weighted by molar-refractivity contribution is 5.85. The molecule has 0 spiro atoms. The monoisotopic (exact) mass is 274 g/mol. The molecule has 0 aromatic heterocycles. The van der Waals surface area contributed by atoms with Crippen molar-refractivity contribution in [2.75, 3.05) is 6.54 Å². The molecule has 0 fully saturated rings. The highest BCUT2D eigenvalue weighted by Crippen LogP contribution is 2.05. The molecule has 1 aromatic rings. The van der Waals surface area contributed by atoms with E-state index in [1.54, 1.807) is 12.1 Å². The van der Waals surface area contributed by atoms with Crippen LogP contribution in [-0.2, 0) is 11.2 Å². The topological polar surface area (TPSA) is 55.1 Å². The van der Waals surface area contributed by atoms with E-state index < -0.39 is 0 Å². The third kappa shape index (κ3) is 7.25. The van der Waals surface area contributed by atoms with Crippen LogP contribution in [0.2, 0.25) is 0 Å². The van der Waals surface area contributed by atoms with Gasteiger partial charge in [0.05, 0.1) is 0 Å². The second-order valence-corrected chi connectivity index (χ2v) is 4.24. The smallest absolute Gasteiger partial charge is 0.220 e. The third-order valence-corrected chi connectivity index (χ3v) is 2.48. The first-order valence-corrected chi connectivity index (χ1v) is 5.84. The number of carbonyl (C=O) groups excluding carboxylic acids is 1. The maximum atomic E-state index is 12.6. The summed E-state index contributed by atoms with van der Waals surface area (Å²) in [5.74, 6) is -0.245. The van der Waals surface area contributed by atoms with E-state index in [2.05, 4.69) is 5.32 Å². The summed E-state index contributed by atoms with van der Waals surface area (Å²) in [6.07, 6.45) is 1.83. The van der Waals surface area contributed by atoms with Crippen LogP contribution in [0.1, 0.15) is 25.3 Å². The summed E-state index contributed by atoms with van der Waals surface area (Å²) in [6, 6.07) is 6.31. The molecule has 0 saturated heterocycles. The van der Waals surface area contributed by atoms with Gasteiger partial charge in [-0.15, -0.1) is 12.4 Å². The second kappa shape index (κ2) is 8.89. The van der Waals surface area contributed by atoms with Crippen molar-refractivity contribution in [2.45, 2.75) is 32.2 Å². The molecule has 18 heavy (non-hydrogen) atoms. The molecule has 0 aliphatic heterocycles. The Morgan fingerprint density at radius 2 is 2.00 bits per heavy atom. The lowest BCUT2D eigenvalue weighted by Crippen LogP contribution is -2.29. The molecular formula is C13H20ClFN2O. The predicted octanol–water partition coefficient (Wildman–Crippen LogP) is 2.03. The molecule has 1 aromatic carbocycles. The largest absolute Gasteiger partial charge is 0.356 e. The van der Waals surface area contributed by atoms with Gasteiger partial charge < -0.3 is 11.1 Å². The Morgan fingerprint density at radius 3 is 2.56 bits per heavy atom. The van der Waals surface area contributed by atoms with Gasteiger partial charge in [-0.05, 0) is 37.5 Å². The summed E-state index contributed by atoms with van der Waals surface area (Å²) in [7, 11) is 0. The van der Waals surface area contributed by atoms with Gasteiger partial charge in [0.2, 0.25) is 5.91 Å². The minimum Gasteiger partial charge on any atom is -0.356 e. The molecule has 0 bridgehead atoms. The van der Waals surface area contributed by atoms with Crippen LogP contribution in [0.15, 0.2) is 24.3 Å². The van der Waals surface area contributed by atoms with Crippen molar-refractivity contribution in [3.05, 3.63) is 35.6 Å². The number of carbonyl (C=O) groups is 1. The van der Waals surface area contributed by atoms with E-state index in [1.807, 2.05) is 6.92 Å². The zero-order chi connectivity index (χ0) is 12.7. The number of benzene rings is 1. The van der Waals surface area contributed by atoms with Crippen LogP contribution >= 0.6 is 12.4 Å². The van der Waals surface area contributed by atoms with Gasteiger partial charge in [0.1, 0.15) is 5.82 Å². The van der Waals surface area contributed by atoms with Crippen LogP contribution in [0.5, 0.6) is 0 Å². The number of amides is 1. The van der Waals surface area contributed by atoms with Crippen LogP contribution in [-0.4, -0.2) is 18.5 Å². The highest BCUT2D eigenvalue weighted by atomic mass is 35.5. The fourth-order valence-electron chi connectivity index (χ4n) is 1.44. The average molecular weight is 275 g/mol. The van der Waals surface area contributed by atoms with E-state index in [0.29, 0.717) is 19.4 Å². The molecule has 1 amide bonds. The molecular weight excluding hydrogens is 255 g/mol. The summed E-state index contributed by atoms with van der Waals surface area (Å²) in [6.45, 7) is 2.52. The van der Waals surface area contributed by atoms with E-state index in [1.165, 1.54) is 12.1 Å². The van der Waals surface area contributed by atoms with E-state index in [4.69, 9.17) is 5.73 Å². The van der Waals surface area contributed by atoms with Crippen molar-refractivity contribution in [3.8, 4) is 0 Å². The number of halogens is 2. The average Bonchev–Trinajstić information content (AvgIpc) is 2.28. The maximum absolute atomic E-state index is 12.6.